The number of likely N-dealkylation sites (tertiary alicyclic amines) is 1. The molecule has 2 N–H and O–H groups in total. The molecule has 0 spiro atoms. The summed E-state index contributed by atoms with van der Waals surface area (Å²) in [5.41, 5.74) is 2.48. The van der Waals surface area contributed by atoms with E-state index < -0.39 is 0 Å². The van der Waals surface area contributed by atoms with Crippen molar-refractivity contribution in [3.05, 3.63) is 35.4 Å². The fourth-order valence-corrected chi connectivity index (χ4v) is 3.72. The summed E-state index contributed by atoms with van der Waals surface area (Å²) in [5, 5.41) is 6.24. The van der Waals surface area contributed by atoms with Crippen molar-refractivity contribution < 1.29 is 9.53 Å². The number of hydrogen-bond acceptors (Lipinski definition) is 4. The molecule has 2 fully saturated rings. The molecule has 2 saturated heterocycles. The largest absolute Gasteiger partial charge is 0.375 e. The minimum absolute atomic E-state index is 0. The molecule has 2 aliphatic rings. The van der Waals surface area contributed by atoms with Crippen LogP contribution in [-0.4, -0.2) is 48.7 Å². The number of halogens is 2. The summed E-state index contributed by atoms with van der Waals surface area (Å²) in [4.78, 5) is 14.9. The number of carbonyl (C=O) groups excluding carboxylic acids is 1. The average Bonchev–Trinajstić information content (AvgIpc) is 2.63. The molecule has 1 aromatic carbocycles. The topological polar surface area (TPSA) is 53.6 Å². The zero-order valence-corrected chi connectivity index (χ0v) is 17.9. The molecule has 1 unspecified atom stereocenters. The Hall–Kier alpha value is -0.850. The van der Waals surface area contributed by atoms with Gasteiger partial charge in [0.15, 0.2) is 0 Å². The normalized spacial score (nSPS) is 25.8. The van der Waals surface area contributed by atoms with Crippen LogP contribution in [0.25, 0.3) is 0 Å². The number of piperidine rings is 1. The standard InChI is InChI=1S/C20H31N3O2.2ClH/c1-15-5-3-4-11-23(15)14-18-8-6-17(7-9-18)13-22-20(24)19-16(2)25-12-10-21-19;;/h6-9,15-16,19,21H,3-5,10-14H2,1-2H3,(H,22,24);2*1H/t15?,16-,19+;;/m1../s1. The molecule has 3 atom stereocenters. The highest BCUT2D eigenvalue weighted by atomic mass is 35.5. The van der Waals surface area contributed by atoms with Gasteiger partial charge < -0.3 is 15.4 Å². The van der Waals surface area contributed by atoms with Crippen LogP contribution in [0.15, 0.2) is 24.3 Å². The molecule has 27 heavy (non-hydrogen) atoms. The Bertz CT molecular complexity index is 571. The number of hydrogen-bond donors (Lipinski definition) is 2. The second-order valence-corrected chi connectivity index (χ2v) is 7.36. The zero-order valence-electron chi connectivity index (χ0n) is 16.3. The van der Waals surface area contributed by atoms with Gasteiger partial charge in [0.2, 0.25) is 5.91 Å². The predicted octanol–water partition coefficient (Wildman–Crippen LogP) is 2.90. The van der Waals surface area contributed by atoms with Crippen LogP contribution in [0.5, 0.6) is 0 Å². The zero-order chi connectivity index (χ0) is 17.6. The van der Waals surface area contributed by atoms with Crippen LogP contribution in [0.2, 0.25) is 0 Å². The molecular weight excluding hydrogens is 385 g/mol. The molecule has 154 valence electrons. The number of morpholine rings is 1. The Morgan fingerprint density at radius 3 is 2.56 bits per heavy atom. The lowest BCUT2D eigenvalue weighted by Gasteiger charge is -2.33. The van der Waals surface area contributed by atoms with Crippen LogP contribution in [0.4, 0.5) is 0 Å². The first-order valence-electron chi connectivity index (χ1n) is 9.58. The van der Waals surface area contributed by atoms with Crippen molar-refractivity contribution in [2.45, 2.75) is 64.4 Å². The second kappa shape index (κ2) is 11.9. The number of nitrogens with one attached hydrogen (secondary N) is 2. The number of ether oxygens (including phenoxy) is 1. The van der Waals surface area contributed by atoms with Gasteiger partial charge in [0.1, 0.15) is 6.04 Å². The van der Waals surface area contributed by atoms with Crippen molar-refractivity contribution in [2.24, 2.45) is 0 Å². The summed E-state index contributed by atoms with van der Waals surface area (Å²) in [5.74, 6) is 0.0124. The van der Waals surface area contributed by atoms with E-state index in [9.17, 15) is 4.79 Å². The summed E-state index contributed by atoms with van der Waals surface area (Å²) in [6, 6.07) is 9.05. The van der Waals surface area contributed by atoms with Crippen molar-refractivity contribution in [1.82, 2.24) is 15.5 Å². The van der Waals surface area contributed by atoms with E-state index in [-0.39, 0.29) is 42.9 Å². The molecule has 1 amide bonds. The summed E-state index contributed by atoms with van der Waals surface area (Å²) in [6.07, 6.45) is 3.89. The van der Waals surface area contributed by atoms with Gasteiger partial charge in [-0.25, -0.2) is 0 Å². The number of benzene rings is 1. The molecule has 0 saturated carbocycles. The van der Waals surface area contributed by atoms with Gasteiger partial charge in [-0.3, -0.25) is 9.69 Å². The fraction of sp³-hybridized carbons (Fsp3) is 0.650. The van der Waals surface area contributed by atoms with Gasteiger partial charge in [0.25, 0.3) is 0 Å². The first kappa shape index (κ1) is 24.2. The van der Waals surface area contributed by atoms with E-state index in [0.29, 0.717) is 19.2 Å². The monoisotopic (exact) mass is 417 g/mol. The Kier molecular flexibility index (Phi) is 10.6. The summed E-state index contributed by atoms with van der Waals surface area (Å²) < 4.78 is 5.53. The van der Waals surface area contributed by atoms with Crippen LogP contribution in [0.3, 0.4) is 0 Å². The van der Waals surface area contributed by atoms with E-state index in [1.807, 2.05) is 6.92 Å². The van der Waals surface area contributed by atoms with Gasteiger partial charge >= 0.3 is 0 Å². The minimum Gasteiger partial charge on any atom is -0.375 e. The summed E-state index contributed by atoms with van der Waals surface area (Å²) in [7, 11) is 0. The molecule has 0 radical (unpaired) electrons. The quantitative estimate of drug-likeness (QED) is 0.772. The van der Waals surface area contributed by atoms with Gasteiger partial charge in [-0.05, 0) is 44.4 Å². The Balaban J connectivity index is 0.00000182. The molecule has 0 aromatic heterocycles. The van der Waals surface area contributed by atoms with Crippen molar-refractivity contribution >= 4 is 30.7 Å². The summed E-state index contributed by atoms with van der Waals surface area (Å²) in [6.45, 7) is 8.44. The van der Waals surface area contributed by atoms with Gasteiger partial charge in [0, 0.05) is 25.7 Å². The molecule has 3 rings (SSSR count). The molecule has 0 aliphatic carbocycles. The average molecular weight is 418 g/mol. The molecule has 2 aliphatic heterocycles. The van der Waals surface area contributed by atoms with Crippen LogP contribution in [-0.2, 0) is 22.6 Å². The van der Waals surface area contributed by atoms with Crippen LogP contribution in [0.1, 0.15) is 44.2 Å². The highest BCUT2D eigenvalue weighted by Gasteiger charge is 2.27. The number of rotatable bonds is 5. The third-order valence-electron chi connectivity index (χ3n) is 5.41. The maximum atomic E-state index is 12.3. The molecular formula is C20H33Cl2N3O2. The minimum atomic E-state index is -0.256. The predicted molar refractivity (Wildman–Crippen MR) is 114 cm³/mol. The van der Waals surface area contributed by atoms with Crippen molar-refractivity contribution in [3.8, 4) is 0 Å². The lowest BCUT2D eigenvalue weighted by molar-refractivity contribution is -0.129. The van der Waals surface area contributed by atoms with E-state index in [4.69, 9.17) is 4.74 Å². The van der Waals surface area contributed by atoms with Gasteiger partial charge in [-0.1, -0.05) is 30.7 Å². The number of nitrogens with zero attached hydrogens (tertiary/aromatic N) is 1. The highest BCUT2D eigenvalue weighted by molar-refractivity contribution is 5.85. The van der Waals surface area contributed by atoms with Gasteiger partial charge in [-0.2, -0.15) is 0 Å². The van der Waals surface area contributed by atoms with E-state index in [2.05, 4.69) is 46.7 Å². The van der Waals surface area contributed by atoms with E-state index in [1.54, 1.807) is 0 Å². The number of amides is 1. The lowest BCUT2D eigenvalue weighted by atomic mass is 10.0. The second-order valence-electron chi connectivity index (χ2n) is 7.36. The van der Waals surface area contributed by atoms with Crippen LogP contribution < -0.4 is 10.6 Å². The third kappa shape index (κ3) is 6.91. The van der Waals surface area contributed by atoms with Crippen molar-refractivity contribution in [2.75, 3.05) is 19.7 Å². The smallest absolute Gasteiger partial charge is 0.240 e. The first-order chi connectivity index (χ1) is 12.1. The molecule has 2 heterocycles. The fourth-order valence-electron chi connectivity index (χ4n) is 3.72. The molecule has 7 heteroatoms. The van der Waals surface area contributed by atoms with Crippen molar-refractivity contribution in [1.29, 1.82) is 0 Å². The maximum absolute atomic E-state index is 12.3. The van der Waals surface area contributed by atoms with E-state index in [1.165, 1.54) is 31.4 Å². The Morgan fingerprint density at radius 1 is 1.19 bits per heavy atom. The molecule has 5 nitrogen and oxygen atoms in total. The first-order valence-corrected chi connectivity index (χ1v) is 9.58. The number of carbonyl (C=O) groups is 1. The SMILES string of the molecule is CC1CCCCN1Cc1ccc(CNC(=O)[C@H]2NCCO[C@@H]2C)cc1.Cl.Cl. The van der Waals surface area contributed by atoms with Gasteiger partial charge in [-0.15, -0.1) is 24.8 Å². The van der Waals surface area contributed by atoms with E-state index in [0.717, 1.165) is 18.7 Å². The van der Waals surface area contributed by atoms with E-state index >= 15 is 0 Å². The molecule has 1 aromatic rings. The van der Waals surface area contributed by atoms with Crippen LogP contribution in [0, 0.1) is 0 Å². The third-order valence-corrected chi connectivity index (χ3v) is 5.41. The lowest BCUT2D eigenvalue weighted by Crippen LogP contribution is -2.55. The highest BCUT2D eigenvalue weighted by Crippen LogP contribution is 2.19. The Morgan fingerprint density at radius 2 is 1.89 bits per heavy atom. The van der Waals surface area contributed by atoms with Gasteiger partial charge in [0.05, 0.1) is 12.7 Å². The van der Waals surface area contributed by atoms with Crippen molar-refractivity contribution in [3.63, 3.8) is 0 Å². The Labute approximate surface area is 175 Å². The van der Waals surface area contributed by atoms with Crippen LogP contribution >= 0.6 is 24.8 Å². The summed E-state index contributed by atoms with van der Waals surface area (Å²) >= 11 is 0. The maximum Gasteiger partial charge on any atom is 0.240 e. The molecule has 0 bridgehead atoms.